The molecule has 2 amide bonds. The molecule has 0 spiro atoms. The monoisotopic (exact) mass is 424 g/mol. The van der Waals surface area contributed by atoms with E-state index >= 15 is 0 Å². The summed E-state index contributed by atoms with van der Waals surface area (Å²) in [7, 11) is 2.99. The molecule has 0 unspecified atom stereocenters. The van der Waals surface area contributed by atoms with Gasteiger partial charge in [0.1, 0.15) is 6.61 Å². The number of hydrogen-bond donors (Lipinski definition) is 2. The first-order chi connectivity index (χ1) is 15.1. The molecule has 8 nitrogen and oxygen atoms in total. The molecule has 0 fully saturated rings. The molecular formula is C23H24N2O6. The van der Waals surface area contributed by atoms with E-state index < -0.39 is 0 Å². The van der Waals surface area contributed by atoms with E-state index in [1.807, 2.05) is 30.3 Å². The largest absolute Gasteiger partial charge is 0.493 e. The molecule has 1 heterocycles. The van der Waals surface area contributed by atoms with E-state index in [1.54, 1.807) is 24.3 Å². The van der Waals surface area contributed by atoms with Crippen molar-refractivity contribution in [2.75, 3.05) is 27.3 Å². The summed E-state index contributed by atoms with van der Waals surface area (Å²) in [6, 6.07) is 16.0. The third-order valence-corrected chi connectivity index (χ3v) is 4.39. The lowest BCUT2D eigenvalue weighted by molar-refractivity contribution is 0.0910. The molecule has 0 aliphatic rings. The Morgan fingerprint density at radius 2 is 1.52 bits per heavy atom. The molecule has 8 heteroatoms. The van der Waals surface area contributed by atoms with Gasteiger partial charge >= 0.3 is 0 Å². The van der Waals surface area contributed by atoms with E-state index in [1.165, 1.54) is 20.5 Å². The Bertz CT molecular complexity index is 977. The fourth-order valence-corrected chi connectivity index (χ4v) is 2.83. The van der Waals surface area contributed by atoms with Crippen molar-refractivity contribution in [3.63, 3.8) is 0 Å². The Balaban J connectivity index is 1.61. The zero-order chi connectivity index (χ0) is 22.1. The molecule has 0 aliphatic carbocycles. The molecular weight excluding hydrogens is 400 g/mol. The number of carbonyl (C=O) groups excluding carboxylic acids is 2. The van der Waals surface area contributed by atoms with Crippen molar-refractivity contribution in [1.82, 2.24) is 10.6 Å². The first kappa shape index (κ1) is 21.8. The molecule has 3 aromatic rings. The molecule has 2 aromatic carbocycles. The van der Waals surface area contributed by atoms with E-state index in [0.717, 1.165) is 5.56 Å². The van der Waals surface area contributed by atoms with Gasteiger partial charge in [0.15, 0.2) is 17.3 Å². The van der Waals surface area contributed by atoms with Gasteiger partial charge in [0.25, 0.3) is 11.8 Å². The van der Waals surface area contributed by atoms with Crippen molar-refractivity contribution in [3.8, 4) is 17.2 Å². The Morgan fingerprint density at radius 1 is 0.871 bits per heavy atom. The van der Waals surface area contributed by atoms with Crippen LogP contribution in [0.25, 0.3) is 0 Å². The lowest BCUT2D eigenvalue weighted by Gasteiger charge is -2.16. The zero-order valence-electron chi connectivity index (χ0n) is 17.3. The Labute approximate surface area is 180 Å². The van der Waals surface area contributed by atoms with Crippen molar-refractivity contribution in [3.05, 3.63) is 77.7 Å². The number of carbonyl (C=O) groups is 2. The SMILES string of the molecule is COc1cc(C(=O)NCCNC(=O)c2ccco2)cc(OC)c1OCc1ccccc1. The van der Waals surface area contributed by atoms with Gasteiger partial charge < -0.3 is 29.3 Å². The van der Waals surface area contributed by atoms with Crippen LogP contribution in [-0.4, -0.2) is 39.1 Å². The molecule has 0 aliphatic heterocycles. The minimum atomic E-state index is -0.345. The Kier molecular flexibility index (Phi) is 7.53. The Morgan fingerprint density at radius 3 is 2.10 bits per heavy atom. The summed E-state index contributed by atoms with van der Waals surface area (Å²) >= 11 is 0. The second-order valence-electron chi connectivity index (χ2n) is 6.47. The summed E-state index contributed by atoms with van der Waals surface area (Å²) in [4.78, 5) is 24.4. The molecule has 0 bridgehead atoms. The maximum atomic E-state index is 12.6. The predicted octanol–water partition coefficient (Wildman–Crippen LogP) is 3.04. The summed E-state index contributed by atoms with van der Waals surface area (Å²) in [5.41, 5.74) is 1.34. The first-order valence-electron chi connectivity index (χ1n) is 9.65. The van der Waals surface area contributed by atoms with Crippen molar-refractivity contribution >= 4 is 11.8 Å². The van der Waals surface area contributed by atoms with Crippen LogP contribution in [0.15, 0.2) is 65.3 Å². The summed E-state index contributed by atoms with van der Waals surface area (Å²) < 4.78 is 21.7. The molecule has 0 saturated carbocycles. The van der Waals surface area contributed by atoms with Gasteiger partial charge in [0.2, 0.25) is 5.75 Å². The number of furan rings is 1. The maximum Gasteiger partial charge on any atom is 0.287 e. The molecule has 0 atom stereocenters. The number of ether oxygens (including phenoxy) is 3. The topological polar surface area (TPSA) is 99.0 Å². The number of methoxy groups -OCH3 is 2. The minimum Gasteiger partial charge on any atom is -0.493 e. The molecule has 0 saturated heterocycles. The van der Waals surface area contributed by atoms with Crippen LogP contribution in [0, 0.1) is 0 Å². The lowest BCUT2D eigenvalue weighted by Crippen LogP contribution is -2.34. The summed E-state index contributed by atoms with van der Waals surface area (Å²) in [6.07, 6.45) is 1.42. The van der Waals surface area contributed by atoms with E-state index in [4.69, 9.17) is 18.6 Å². The van der Waals surface area contributed by atoms with E-state index in [0.29, 0.717) is 29.4 Å². The first-order valence-corrected chi connectivity index (χ1v) is 9.65. The fraction of sp³-hybridized carbons (Fsp3) is 0.217. The van der Waals surface area contributed by atoms with Gasteiger partial charge in [-0.05, 0) is 29.8 Å². The van der Waals surface area contributed by atoms with Crippen LogP contribution in [0.3, 0.4) is 0 Å². The zero-order valence-corrected chi connectivity index (χ0v) is 17.3. The Hall–Kier alpha value is -3.94. The van der Waals surface area contributed by atoms with E-state index in [2.05, 4.69) is 10.6 Å². The van der Waals surface area contributed by atoms with Crippen LogP contribution in [0.2, 0.25) is 0 Å². The maximum absolute atomic E-state index is 12.6. The molecule has 0 radical (unpaired) electrons. The number of hydrogen-bond acceptors (Lipinski definition) is 6. The van der Waals surface area contributed by atoms with Gasteiger partial charge in [-0.1, -0.05) is 30.3 Å². The smallest absolute Gasteiger partial charge is 0.287 e. The van der Waals surface area contributed by atoms with E-state index in [-0.39, 0.29) is 30.7 Å². The van der Waals surface area contributed by atoms with Crippen LogP contribution in [0.5, 0.6) is 17.2 Å². The average Bonchev–Trinajstić information content (AvgIpc) is 3.35. The minimum absolute atomic E-state index is 0.215. The van der Waals surface area contributed by atoms with E-state index in [9.17, 15) is 9.59 Å². The number of rotatable bonds is 10. The number of amides is 2. The van der Waals surface area contributed by atoms with Crippen molar-refractivity contribution in [2.45, 2.75) is 6.61 Å². The highest BCUT2D eigenvalue weighted by Gasteiger charge is 2.18. The quantitative estimate of drug-likeness (QED) is 0.486. The lowest BCUT2D eigenvalue weighted by atomic mass is 10.1. The molecule has 1 aromatic heterocycles. The molecule has 3 rings (SSSR count). The second kappa shape index (κ2) is 10.7. The summed E-state index contributed by atoms with van der Waals surface area (Å²) in [6.45, 7) is 0.814. The van der Waals surface area contributed by atoms with Gasteiger partial charge in [-0.15, -0.1) is 0 Å². The van der Waals surface area contributed by atoms with Gasteiger partial charge in [-0.25, -0.2) is 0 Å². The van der Waals surface area contributed by atoms with Crippen LogP contribution < -0.4 is 24.8 Å². The summed E-state index contributed by atoms with van der Waals surface area (Å²) in [5, 5.41) is 5.40. The standard InChI is InChI=1S/C23H24N2O6/c1-28-19-13-17(22(26)24-10-11-25-23(27)18-9-6-12-30-18)14-20(29-2)21(19)31-15-16-7-4-3-5-8-16/h3-9,12-14H,10-11,15H2,1-2H3,(H,24,26)(H,25,27). The van der Waals surface area contributed by atoms with Gasteiger partial charge in [0.05, 0.1) is 20.5 Å². The van der Waals surface area contributed by atoms with Gasteiger partial charge in [0, 0.05) is 18.7 Å². The van der Waals surface area contributed by atoms with Crippen molar-refractivity contribution < 1.29 is 28.2 Å². The average molecular weight is 424 g/mol. The molecule has 31 heavy (non-hydrogen) atoms. The third-order valence-electron chi connectivity index (χ3n) is 4.39. The van der Waals surface area contributed by atoms with Crippen molar-refractivity contribution in [2.24, 2.45) is 0 Å². The van der Waals surface area contributed by atoms with Gasteiger partial charge in [-0.2, -0.15) is 0 Å². The van der Waals surface area contributed by atoms with Crippen LogP contribution in [0.1, 0.15) is 26.5 Å². The van der Waals surface area contributed by atoms with Crippen molar-refractivity contribution in [1.29, 1.82) is 0 Å². The number of nitrogens with one attached hydrogen (secondary N) is 2. The number of benzene rings is 2. The van der Waals surface area contributed by atoms with Gasteiger partial charge in [-0.3, -0.25) is 9.59 Å². The van der Waals surface area contributed by atoms with Crippen LogP contribution in [-0.2, 0) is 6.61 Å². The summed E-state index contributed by atoms with van der Waals surface area (Å²) in [5.74, 6) is 0.710. The highest BCUT2D eigenvalue weighted by Crippen LogP contribution is 2.39. The highest BCUT2D eigenvalue weighted by molar-refractivity contribution is 5.95. The normalized spacial score (nSPS) is 10.3. The highest BCUT2D eigenvalue weighted by atomic mass is 16.5. The third kappa shape index (κ3) is 5.79. The fourth-order valence-electron chi connectivity index (χ4n) is 2.83. The second-order valence-corrected chi connectivity index (χ2v) is 6.47. The molecule has 162 valence electrons. The van der Waals surface area contributed by atoms with Crippen LogP contribution >= 0.6 is 0 Å². The predicted molar refractivity (Wildman–Crippen MR) is 114 cm³/mol. The van der Waals surface area contributed by atoms with Crippen LogP contribution in [0.4, 0.5) is 0 Å². The molecule has 2 N–H and O–H groups in total.